The molecule has 1 rings (SSSR count). The molecule has 0 aromatic heterocycles. The number of nitrogens with zero attached hydrogens (tertiary/aromatic N) is 2. The maximum Gasteiger partial charge on any atom is 0.416 e. The van der Waals surface area contributed by atoms with Gasteiger partial charge >= 0.3 is 6.18 Å². The van der Waals surface area contributed by atoms with Gasteiger partial charge < -0.3 is 19.7 Å². The van der Waals surface area contributed by atoms with E-state index in [0.717, 1.165) is 24.1 Å². The van der Waals surface area contributed by atoms with E-state index in [-0.39, 0.29) is 24.0 Å². The zero-order chi connectivity index (χ0) is 18.7. The molecule has 0 atom stereocenters. The molecule has 150 valence electrons. The number of rotatable bonds is 9. The molecule has 0 amide bonds. The lowest BCUT2D eigenvalue weighted by atomic mass is 10.1. The Labute approximate surface area is 170 Å². The first-order valence-corrected chi connectivity index (χ1v) is 8.03. The quantitative estimate of drug-likeness (QED) is 0.250. The molecule has 0 aliphatic heterocycles. The fraction of sp³-hybridized carbons (Fsp3) is 0.588. The highest BCUT2D eigenvalue weighted by Gasteiger charge is 2.29. The molecule has 26 heavy (non-hydrogen) atoms. The number of guanidine groups is 1. The molecule has 9 heteroatoms. The van der Waals surface area contributed by atoms with Crippen molar-refractivity contribution in [2.45, 2.75) is 19.1 Å². The van der Waals surface area contributed by atoms with E-state index < -0.39 is 11.7 Å². The standard InChI is InChI=1S/C17H26F3N3O2.HI/c1-21-16(22-9-4-10-25-12-11-24-3)23(2)13-14-5-7-15(8-6-14)17(18,19)20;/h5-8H,4,9-13H2,1-3H3,(H,21,22);1H. The minimum Gasteiger partial charge on any atom is -0.382 e. The summed E-state index contributed by atoms with van der Waals surface area (Å²) in [6.45, 7) is 2.92. The highest BCUT2D eigenvalue weighted by atomic mass is 127. The van der Waals surface area contributed by atoms with Crippen molar-refractivity contribution in [3.8, 4) is 0 Å². The predicted octanol–water partition coefficient (Wildman–Crippen LogP) is 3.38. The average molecular weight is 489 g/mol. The summed E-state index contributed by atoms with van der Waals surface area (Å²) in [5.41, 5.74) is 0.135. The Balaban J connectivity index is 0.00000625. The summed E-state index contributed by atoms with van der Waals surface area (Å²) in [5, 5.41) is 3.20. The normalized spacial score (nSPS) is 11.8. The van der Waals surface area contributed by atoms with Gasteiger partial charge in [-0.1, -0.05) is 12.1 Å². The van der Waals surface area contributed by atoms with Gasteiger partial charge in [0.1, 0.15) is 0 Å². The molecule has 1 N–H and O–H groups in total. The van der Waals surface area contributed by atoms with E-state index in [1.807, 2.05) is 11.9 Å². The molecule has 0 aliphatic carbocycles. The van der Waals surface area contributed by atoms with Crippen LogP contribution in [0, 0.1) is 0 Å². The minimum atomic E-state index is -4.31. The Kier molecular flexibility index (Phi) is 12.6. The van der Waals surface area contributed by atoms with E-state index in [2.05, 4.69) is 10.3 Å². The van der Waals surface area contributed by atoms with Gasteiger partial charge in [-0.05, 0) is 24.1 Å². The van der Waals surface area contributed by atoms with Gasteiger partial charge in [0.2, 0.25) is 0 Å². The summed E-state index contributed by atoms with van der Waals surface area (Å²) in [4.78, 5) is 6.03. The molecular formula is C17H27F3IN3O2. The second kappa shape index (κ2) is 13.2. The van der Waals surface area contributed by atoms with Crippen LogP contribution in [0.4, 0.5) is 13.2 Å². The number of hydrogen-bond acceptors (Lipinski definition) is 3. The number of aliphatic imine (C=N–C) groups is 1. The molecule has 0 fully saturated rings. The van der Waals surface area contributed by atoms with Crippen LogP contribution in [0.5, 0.6) is 0 Å². The third-order valence-corrected chi connectivity index (χ3v) is 3.45. The molecule has 1 aromatic rings. The fourth-order valence-corrected chi connectivity index (χ4v) is 2.15. The van der Waals surface area contributed by atoms with Gasteiger partial charge in [-0.2, -0.15) is 13.2 Å². The van der Waals surface area contributed by atoms with Gasteiger partial charge in [-0.25, -0.2) is 0 Å². The average Bonchev–Trinajstić information content (AvgIpc) is 2.57. The van der Waals surface area contributed by atoms with Gasteiger partial charge in [-0.3, -0.25) is 4.99 Å². The van der Waals surface area contributed by atoms with Crippen LogP contribution in [-0.2, 0) is 22.2 Å². The minimum absolute atomic E-state index is 0. The number of ether oxygens (including phenoxy) is 2. The number of benzene rings is 1. The molecule has 1 aromatic carbocycles. The highest BCUT2D eigenvalue weighted by molar-refractivity contribution is 14.0. The van der Waals surface area contributed by atoms with Crippen LogP contribution in [0.1, 0.15) is 17.5 Å². The van der Waals surface area contributed by atoms with E-state index in [0.29, 0.717) is 38.9 Å². The lowest BCUT2D eigenvalue weighted by Crippen LogP contribution is -2.39. The Morgan fingerprint density at radius 2 is 1.81 bits per heavy atom. The highest BCUT2D eigenvalue weighted by Crippen LogP contribution is 2.29. The Morgan fingerprint density at radius 1 is 1.15 bits per heavy atom. The van der Waals surface area contributed by atoms with Crippen molar-refractivity contribution in [1.29, 1.82) is 0 Å². The van der Waals surface area contributed by atoms with Crippen LogP contribution >= 0.6 is 24.0 Å². The number of hydrogen-bond donors (Lipinski definition) is 1. The monoisotopic (exact) mass is 489 g/mol. The van der Waals surface area contributed by atoms with Crippen molar-refractivity contribution in [2.75, 3.05) is 47.6 Å². The van der Waals surface area contributed by atoms with Crippen LogP contribution in [0.25, 0.3) is 0 Å². The zero-order valence-electron chi connectivity index (χ0n) is 15.3. The topological polar surface area (TPSA) is 46.1 Å². The van der Waals surface area contributed by atoms with E-state index in [9.17, 15) is 13.2 Å². The van der Waals surface area contributed by atoms with Crippen LogP contribution in [-0.4, -0.2) is 58.4 Å². The second-order valence-electron chi connectivity index (χ2n) is 5.48. The van der Waals surface area contributed by atoms with Crippen molar-refractivity contribution in [2.24, 2.45) is 4.99 Å². The fourth-order valence-electron chi connectivity index (χ4n) is 2.15. The van der Waals surface area contributed by atoms with E-state index in [4.69, 9.17) is 9.47 Å². The molecule has 0 bridgehead atoms. The van der Waals surface area contributed by atoms with Gasteiger partial charge in [0.05, 0.1) is 18.8 Å². The van der Waals surface area contributed by atoms with Crippen LogP contribution in [0.2, 0.25) is 0 Å². The maximum atomic E-state index is 12.6. The molecule has 0 aliphatic rings. The van der Waals surface area contributed by atoms with Crippen molar-refractivity contribution in [3.05, 3.63) is 35.4 Å². The lowest BCUT2D eigenvalue weighted by Gasteiger charge is -2.22. The summed E-state index contributed by atoms with van der Waals surface area (Å²) < 4.78 is 48.0. The molecule has 5 nitrogen and oxygen atoms in total. The molecule has 0 spiro atoms. The first-order valence-electron chi connectivity index (χ1n) is 8.03. The van der Waals surface area contributed by atoms with Crippen molar-refractivity contribution in [1.82, 2.24) is 10.2 Å². The SMILES string of the molecule is CN=C(NCCCOCCOC)N(C)Cc1ccc(C(F)(F)F)cc1.I. The Morgan fingerprint density at radius 3 is 2.35 bits per heavy atom. The molecule has 0 saturated heterocycles. The predicted molar refractivity (Wildman–Crippen MR) is 107 cm³/mol. The third-order valence-electron chi connectivity index (χ3n) is 3.45. The first-order chi connectivity index (χ1) is 11.9. The summed E-state index contributed by atoms with van der Waals surface area (Å²) in [6, 6.07) is 5.15. The second-order valence-corrected chi connectivity index (χ2v) is 5.48. The van der Waals surface area contributed by atoms with Crippen molar-refractivity contribution >= 4 is 29.9 Å². The number of nitrogens with one attached hydrogen (secondary N) is 1. The zero-order valence-corrected chi connectivity index (χ0v) is 17.6. The summed E-state index contributed by atoms with van der Waals surface area (Å²) in [7, 11) is 5.13. The molecular weight excluding hydrogens is 462 g/mol. The first kappa shape index (κ1) is 24.9. The Hall–Kier alpha value is -1.07. The van der Waals surface area contributed by atoms with Gasteiger partial charge in [-0.15, -0.1) is 24.0 Å². The molecule has 0 unspecified atom stereocenters. The third kappa shape index (κ3) is 9.58. The summed E-state index contributed by atoms with van der Waals surface area (Å²) in [6.07, 6.45) is -3.50. The lowest BCUT2D eigenvalue weighted by molar-refractivity contribution is -0.137. The van der Waals surface area contributed by atoms with Gasteiger partial charge in [0, 0.05) is 40.9 Å². The van der Waals surface area contributed by atoms with E-state index >= 15 is 0 Å². The van der Waals surface area contributed by atoms with Gasteiger partial charge in [0.25, 0.3) is 0 Å². The molecule has 0 saturated carbocycles. The van der Waals surface area contributed by atoms with E-state index in [1.165, 1.54) is 12.1 Å². The van der Waals surface area contributed by atoms with Crippen LogP contribution in [0.15, 0.2) is 29.3 Å². The largest absolute Gasteiger partial charge is 0.416 e. The summed E-state index contributed by atoms with van der Waals surface area (Å²) >= 11 is 0. The van der Waals surface area contributed by atoms with Crippen LogP contribution < -0.4 is 5.32 Å². The number of methoxy groups -OCH3 is 1. The number of alkyl halides is 3. The molecule has 0 heterocycles. The molecule has 0 radical (unpaired) electrons. The summed E-state index contributed by atoms with van der Waals surface area (Å²) in [5.74, 6) is 0.678. The Bertz CT molecular complexity index is 525. The maximum absolute atomic E-state index is 12.6. The van der Waals surface area contributed by atoms with Crippen LogP contribution in [0.3, 0.4) is 0 Å². The number of halogens is 4. The van der Waals surface area contributed by atoms with E-state index in [1.54, 1.807) is 14.2 Å². The van der Waals surface area contributed by atoms with Crippen molar-refractivity contribution < 1.29 is 22.6 Å². The van der Waals surface area contributed by atoms with Crippen molar-refractivity contribution in [3.63, 3.8) is 0 Å². The van der Waals surface area contributed by atoms with Gasteiger partial charge in [0.15, 0.2) is 5.96 Å². The smallest absolute Gasteiger partial charge is 0.382 e.